The molecule has 1 fully saturated rings. The zero-order valence-electron chi connectivity index (χ0n) is 9.37. The Morgan fingerprint density at radius 3 is 2.57 bits per heavy atom. The number of nitrogens with zero attached hydrogens (tertiary/aromatic N) is 1. The van der Waals surface area contributed by atoms with E-state index < -0.39 is 11.6 Å². The highest BCUT2D eigenvalue weighted by atomic mass is 16.3. The maximum atomic E-state index is 11.6. The number of carbonyl (C=O) groups excluding carboxylic acids is 1. The minimum Gasteiger partial charge on any atom is -0.392 e. The van der Waals surface area contributed by atoms with Crippen LogP contribution in [0.15, 0.2) is 0 Å². The number of likely N-dealkylation sites (tertiary alicyclic amines) is 1. The maximum absolute atomic E-state index is 11.6. The first-order chi connectivity index (χ1) is 6.34. The number of aliphatic hydroxyl groups excluding tert-OH is 1. The molecule has 4 heteroatoms. The molecule has 14 heavy (non-hydrogen) atoms. The topological polar surface area (TPSA) is 52.6 Å². The van der Waals surface area contributed by atoms with Crippen molar-refractivity contribution in [3.63, 3.8) is 0 Å². The van der Waals surface area contributed by atoms with Gasteiger partial charge in [0.05, 0.1) is 12.1 Å². The summed E-state index contributed by atoms with van der Waals surface area (Å²) in [5.41, 5.74) is -0.411. The van der Waals surface area contributed by atoms with E-state index >= 15 is 0 Å². The number of aliphatic hydroxyl groups is 1. The molecule has 0 aromatic heterocycles. The molecule has 0 bridgehead atoms. The molecule has 1 saturated heterocycles. The molecule has 1 heterocycles. The van der Waals surface area contributed by atoms with E-state index in [2.05, 4.69) is 5.32 Å². The van der Waals surface area contributed by atoms with E-state index in [0.29, 0.717) is 0 Å². The molecule has 4 nitrogen and oxygen atoms in total. The molecular formula is C10H20N2O2. The third-order valence-electron chi connectivity index (χ3n) is 3.02. The molecule has 82 valence electrons. The van der Waals surface area contributed by atoms with Gasteiger partial charge in [0, 0.05) is 19.1 Å². The van der Waals surface area contributed by atoms with Crippen LogP contribution in [-0.2, 0) is 4.79 Å². The molecule has 1 amide bonds. The molecular weight excluding hydrogens is 180 g/mol. The largest absolute Gasteiger partial charge is 0.392 e. The monoisotopic (exact) mass is 200 g/mol. The second kappa shape index (κ2) is 3.87. The molecule has 0 aromatic carbocycles. The molecule has 0 saturated carbocycles. The van der Waals surface area contributed by atoms with Crippen molar-refractivity contribution in [1.82, 2.24) is 10.2 Å². The minimum atomic E-state index is -0.471. The van der Waals surface area contributed by atoms with E-state index in [1.54, 1.807) is 18.9 Å². The van der Waals surface area contributed by atoms with E-state index in [1.165, 1.54) is 0 Å². The molecule has 1 aliphatic rings. The summed E-state index contributed by atoms with van der Waals surface area (Å²) in [7, 11) is 1.80. The standard InChI is InChI=1S/C10H20N2O2/c1-7(13)10(2,3)11-8-5-6-12(4)9(8)14/h7-8,11,13H,5-6H2,1-4H3. The fourth-order valence-corrected chi connectivity index (χ4v) is 1.53. The summed E-state index contributed by atoms with van der Waals surface area (Å²) in [6.07, 6.45) is 0.354. The second-order valence-electron chi connectivity index (χ2n) is 4.64. The summed E-state index contributed by atoms with van der Waals surface area (Å²) in [5, 5.41) is 12.7. The summed E-state index contributed by atoms with van der Waals surface area (Å²) in [5.74, 6) is 0.124. The van der Waals surface area contributed by atoms with Crippen molar-refractivity contribution in [3.8, 4) is 0 Å². The van der Waals surface area contributed by atoms with E-state index in [0.717, 1.165) is 13.0 Å². The van der Waals surface area contributed by atoms with E-state index in [4.69, 9.17) is 0 Å². The molecule has 2 atom stereocenters. The van der Waals surface area contributed by atoms with E-state index in [9.17, 15) is 9.90 Å². The van der Waals surface area contributed by atoms with Crippen molar-refractivity contribution < 1.29 is 9.90 Å². The lowest BCUT2D eigenvalue weighted by atomic mass is 9.97. The third-order valence-corrected chi connectivity index (χ3v) is 3.02. The van der Waals surface area contributed by atoms with Crippen LogP contribution in [0.5, 0.6) is 0 Å². The lowest BCUT2D eigenvalue weighted by molar-refractivity contribution is -0.129. The quantitative estimate of drug-likeness (QED) is 0.672. The Kier molecular flexibility index (Phi) is 3.17. The van der Waals surface area contributed by atoms with Crippen LogP contribution in [0.1, 0.15) is 27.2 Å². The number of hydrogen-bond donors (Lipinski definition) is 2. The highest BCUT2D eigenvalue weighted by Crippen LogP contribution is 2.15. The number of carbonyl (C=O) groups is 1. The van der Waals surface area contributed by atoms with Gasteiger partial charge in [-0.05, 0) is 27.2 Å². The number of rotatable bonds is 3. The Balaban J connectivity index is 2.57. The highest BCUT2D eigenvalue weighted by Gasteiger charge is 2.35. The Bertz CT molecular complexity index is 226. The van der Waals surface area contributed by atoms with E-state index in [-0.39, 0.29) is 11.9 Å². The van der Waals surface area contributed by atoms with Gasteiger partial charge in [0.2, 0.25) is 5.91 Å². The summed E-state index contributed by atoms with van der Waals surface area (Å²) in [6.45, 7) is 6.34. The van der Waals surface area contributed by atoms with Crippen LogP contribution in [0.2, 0.25) is 0 Å². The summed E-state index contributed by atoms with van der Waals surface area (Å²) < 4.78 is 0. The first kappa shape index (κ1) is 11.5. The molecule has 2 unspecified atom stereocenters. The number of hydrogen-bond acceptors (Lipinski definition) is 3. The molecule has 1 rings (SSSR count). The van der Waals surface area contributed by atoms with Crippen molar-refractivity contribution in [1.29, 1.82) is 0 Å². The van der Waals surface area contributed by atoms with Gasteiger partial charge in [-0.3, -0.25) is 10.1 Å². The van der Waals surface area contributed by atoms with Crippen LogP contribution in [0.4, 0.5) is 0 Å². The van der Waals surface area contributed by atoms with Crippen LogP contribution < -0.4 is 5.32 Å². The van der Waals surface area contributed by atoms with Crippen LogP contribution in [0, 0.1) is 0 Å². The normalized spacial score (nSPS) is 25.6. The third kappa shape index (κ3) is 2.25. The maximum Gasteiger partial charge on any atom is 0.239 e. The number of nitrogens with one attached hydrogen (secondary N) is 1. The number of likely N-dealkylation sites (N-methyl/N-ethyl adjacent to an activating group) is 1. The summed E-state index contributed by atoms with van der Waals surface area (Å²) in [6, 6.07) is -0.135. The van der Waals surface area contributed by atoms with Gasteiger partial charge in [0.15, 0.2) is 0 Å². The average molecular weight is 200 g/mol. The smallest absolute Gasteiger partial charge is 0.239 e. The lowest BCUT2D eigenvalue weighted by Crippen LogP contribution is -2.54. The van der Waals surface area contributed by atoms with Gasteiger partial charge in [0.1, 0.15) is 0 Å². The van der Waals surface area contributed by atoms with Gasteiger partial charge in [-0.2, -0.15) is 0 Å². The van der Waals surface area contributed by atoms with Gasteiger partial charge < -0.3 is 10.0 Å². The fraction of sp³-hybridized carbons (Fsp3) is 0.900. The van der Waals surface area contributed by atoms with Crippen LogP contribution in [0.25, 0.3) is 0 Å². The Morgan fingerprint density at radius 2 is 2.21 bits per heavy atom. The highest BCUT2D eigenvalue weighted by molar-refractivity contribution is 5.83. The average Bonchev–Trinajstić information content (AvgIpc) is 2.35. The first-order valence-electron chi connectivity index (χ1n) is 5.05. The Morgan fingerprint density at radius 1 is 1.64 bits per heavy atom. The molecule has 0 radical (unpaired) electrons. The molecule has 0 spiro atoms. The van der Waals surface area contributed by atoms with Gasteiger partial charge >= 0.3 is 0 Å². The lowest BCUT2D eigenvalue weighted by Gasteiger charge is -2.32. The van der Waals surface area contributed by atoms with Crippen LogP contribution in [0.3, 0.4) is 0 Å². The van der Waals surface area contributed by atoms with E-state index in [1.807, 2.05) is 13.8 Å². The van der Waals surface area contributed by atoms with Crippen molar-refractivity contribution in [2.45, 2.75) is 44.9 Å². The van der Waals surface area contributed by atoms with Crippen molar-refractivity contribution in [2.75, 3.05) is 13.6 Å². The summed E-state index contributed by atoms with van der Waals surface area (Å²) in [4.78, 5) is 13.3. The Hall–Kier alpha value is -0.610. The Labute approximate surface area is 85.3 Å². The predicted molar refractivity (Wildman–Crippen MR) is 54.9 cm³/mol. The number of amides is 1. The second-order valence-corrected chi connectivity index (χ2v) is 4.64. The van der Waals surface area contributed by atoms with Crippen LogP contribution in [-0.4, -0.2) is 47.2 Å². The van der Waals surface area contributed by atoms with Gasteiger partial charge in [-0.15, -0.1) is 0 Å². The molecule has 2 N–H and O–H groups in total. The molecule has 1 aliphatic heterocycles. The minimum absolute atomic E-state index is 0.124. The van der Waals surface area contributed by atoms with Crippen molar-refractivity contribution >= 4 is 5.91 Å². The first-order valence-corrected chi connectivity index (χ1v) is 5.05. The van der Waals surface area contributed by atoms with Crippen molar-refractivity contribution in [2.24, 2.45) is 0 Å². The van der Waals surface area contributed by atoms with Crippen LogP contribution >= 0.6 is 0 Å². The molecule has 0 aliphatic carbocycles. The zero-order valence-corrected chi connectivity index (χ0v) is 9.37. The van der Waals surface area contributed by atoms with Crippen molar-refractivity contribution in [3.05, 3.63) is 0 Å². The predicted octanol–water partition coefficient (Wildman–Crippen LogP) is -0.0339. The SMILES string of the molecule is CC(O)C(C)(C)NC1CCN(C)C1=O. The molecule has 0 aromatic rings. The summed E-state index contributed by atoms with van der Waals surface area (Å²) >= 11 is 0. The van der Waals surface area contributed by atoms with Gasteiger partial charge in [-0.25, -0.2) is 0 Å². The zero-order chi connectivity index (χ0) is 10.9. The van der Waals surface area contributed by atoms with Gasteiger partial charge in [0.25, 0.3) is 0 Å². The fourth-order valence-electron chi connectivity index (χ4n) is 1.53. The van der Waals surface area contributed by atoms with Gasteiger partial charge in [-0.1, -0.05) is 0 Å².